The van der Waals surface area contributed by atoms with Gasteiger partial charge in [-0.3, -0.25) is 0 Å². The summed E-state index contributed by atoms with van der Waals surface area (Å²) in [5, 5.41) is 0. The lowest BCUT2D eigenvalue weighted by Crippen LogP contribution is -2.07. The van der Waals surface area contributed by atoms with Crippen molar-refractivity contribution >= 4 is 17.2 Å². The molecule has 0 saturated carbocycles. The molecule has 2 heteroatoms. The van der Waals surface area contributed by atoms with Gasteiger partial charge in [0.1, 0.15) is 0 Å². The van der Waals surface area contributed by atoms with Crippen molar-refractivity contribution in [2.45, 2.75) is 33.1 Å². The highest BCUT2D eigenvalue weighted by molar-refractivity contribution is 7.80. The highest BCUT2D eigenvalue weighted by Gasteiger charge is 1.93. The van der Waals surface area contributed by atoms with Crippen molar-refractivity contribution in [3.8, 4) is 0 Å². The van der Waals surface area contributed by atoms with E-state index in [1.165, 1.54) is 6.42 Å². The molecule has 0 aliphatic rings. The predicted molar refractivity (Wildman–Crippen MR) is 45.5 cm³/mol. The summed E-state index contributed by atoms with van der Waals surface area (Å²) in [5.74, 6) is 0.777. The van der Waals surface area contributed by atoms with Crippen LogP contribution < -0.4 is 5.73 Å². The standard InChI is InChI=1S/C7H15NS/c1-6(2)4-3-5-7(8)9/h6H,3-5H2,1-2H3,(H2,8,9). The van der Waals surface area contributed by atoms with Crippen LogP contribution in [0.1, 0.15) is 33.1 Å². The van der Waals surface area contributed by atoms with E-state index in [0.717, 1.165) is 18.8 Å². The number of hydrogen-bond donors (Lipinski definition) is 1. The largest absolute Gasteiger partial charge is 0.393 e. The first-order valence-corrected chi connectivity index (χ1v) is 3.82. The average Bonchev–Trinajstić information content (AvgIpc) is 1.63. The molecule has 0 aromatic heterocycles. The smallest absolute Gasteiger partial charge is 0.0727 e. The number of hydrogen-bond acceptors (Lipinski definition) is 1. The summed E-state index contributed by atoms with van der Waals surface area (Å²) in [6.45, 7) is 4.42. The molecule has 54 valence electrons. The number of nitrogens with two attached hydrogens (primary N) is 1. The van der Waals surface area contributed by atoms with Crippen LogP contribution in [-0.4, -0.2) is 4.99 Å². The molecule has 0 atom stereocenters. The maximum absolute atomic E-state index is 5.31. The second kappa shape index (κ2) is 4.74. The first-order valence-electron chi connectivity index (χ1n) is 3.41. The molecule has 0 rings (SSSR count). The Morgan fingerprint density at radius 1 is 1.56 bits per heavy atom. The zero-order valence-corrected chi connectivity index (χ0v) is 7.00. The monoisotopic (exact) mass is 145 g/mol. The molecule has 0 spiro atoms. The molecule has 0 aliphatic heterocycles. The van der Waals surface area contributed by atoms with Gasteiger partial charge in [0.05, 0.1) is 4.99 Å². The molecule has 0 radical (unpaired) electrons. The molecule has 0 bridgehead atoms. The zero-order valence-electron chi connectivity index (χ0n) is 6.18. The fourth-order valence-electron chi connectivity index (χ4n) is 0.685. The Balaban J connectivity index is 3.01. The van der Waals surface area contributed by atoms with Crippen molar-refractivity contribution < 1.29 is 0 Å². The molecule has 2 N–H and O–H groups in total. The summed E-state index contributed by atoms with van der Waals surface area (Å²) < 4.78 is 0. The Kier molecular flexibility index (Phi) is 4.68. The van der Waals surface area contributed by atoms with Gasteiger partial charge in [-0.15, -0.1) is 0 Å². The fraction of sp³-hybridized carbons (Fsp3) is 0.857. The second-order valence-electron chi connectivity index (χ2n) is 2.75. The zero-order chi connectivity index (χ0) is 7.28. The topological polar surface area (TPSA) is 26.0 Å². The van der Waals surface area contributed by atoms with Crippen LogP contribution in [0.5, 0.6) is 0 Å². The van der Waals surface area contributed by atoms with Crippen molar-refractivity contribution in [1.29, 1.82) is 0 Å². The van der Waals surface area contributed by atoms with Crippen LogP contribution in [0.3, 0.4) is 0 Å². The molecule has 0 aromatic rings. The van der Waals surface area contributed by atoms with Crippen molar-refractivity contribution in [2.75, 3.05) is 0 Å². The Labute approximate surface area is 62.6 Å². The van der Waals surface area contributed by atoms with E-state index >= 15 is 0 Å². The van der Waals surface area contributed by atoms with Crippen LogP contribution in [0.2, 0.25) is 0 Å². The van der Waals surface area contributed by atoms with E-state index in [2.05, 4.69) is 13.8 Å². The third kappa shape index (κ3) is 7.89. The van der Waals surface area contributed by atoms with Gasteiger partial charge < -0.3 is 5.73 Å². The molecule has 9 heavy (non-hydrogen) atoms. The summed E-state index contributed by atoms with van der Waals surface area (Å²) in [7, 11) is 0. The fourth-order valence-corrected chi connectivity index (χ4v) is 0.829. The first kappa shape index (κ1) is 8.89. The van der Waals surface area contributed by atoms with Gasteiger partial charge in [0.2, 0.25) is 0 Å². The highest BCUT2D eigenvalue weighted by atomic mass is 32.1. The van der Waals surface area contributed by atoms with E-state index in [1.807, 2.05) is 0 Å². The van der Waals surface area contributed by atoms with Gasteiger partial charge in [0.15, 0.2) is 0 Å². The molecular formula is C7H15NS. The highest BCUT2D eigenvalue weighted by Crippen LogP contribution is 2.05. The maximum Gasteiger partial charge on any atom is 0.0727 e. The van der Waals surface area contributed by atoms with Crippen molar-refractivity contribution in [3.05, 3.63) is 0 Å². The number of thiocarbonyl (C=S) groups is 1. The van der Waals surface area contributed by atoms with Crippen LogP contribution in [0.25, 0.3) is 0 Å². The molecule has 1 nitrogen and oxygen atoms in total. The SMILES string of the molecule is CC(C)CCCC(N)=S. The Morgan fingerprint density at radius 2 is 2.11 bits per heavy atom. The second-order valence-corrected chi connectivity index (χ2v) is 3.28. The minimum Gasteiger partial charge on any atom is -0.393 e. The molecule has 0 fully saturated rings. The van der Waals surface area contributed by atoms with E-state index in [-0.39, 0.29) is 0 Å². The summed E-state index contributed by atoms with van der Waals surface area (Å²) in [6, 6.07) is 0. The molecule has 0 aliphatic carbocycles. The van der Waals surface area contributed by atoms with E-state index < -0.39 is 0 Å². The van der Waals surface area contributed by atoms with Gasteiger partial charge in [0, 0.05) is 0 Å². The van der Waals surface area contributed by atoms with Gasteiger partial charge in [0.25, 0.3) is 0 Å². The third-order valence-corrected chi connectivity index (χ3v) is 1.41. The lowest BCUT2D eigenvalue weighted by Gasteiger charge is -2.01. The quantitative estimate of drug-likeness (QED) is 0.613. The van der Waals surface area contributed by atoms with Crippen LogP contribution in [0, 0.1) is 5.92 Å². The van der Waals surface area contributed by atoms with Gasteiger partial charge in [-0.05, 0) is 18.8 Å². The molecule has 0 saturated heterocycles. The van der Waals surface area contributed by atoms with Gasteiger partial charge >= 0.3 is 0 Å². The summed E-state index contributed by atoms with van der Waals surface area (Å²) >= 11 is 4.73. The van der Waals surface area contributed by atoms with E-state index in [1.54, 1.807) is 0 Å². The molecule has 0 amide bonds. The van der Waals surface area contributed by atoms with E-state index in [9.17, 15) is 0 Å². The summed E-state index contributed by atoms with van der Waals surface area (Å²) in [6.07, 6.45) is 3.29. The molecular weight excluding hydrogens is 130 g/mol. The van der Waals surface area contributed by atoms with Crippen LogP contribution in [-0.2, 0) is 0 Å². The van der Waals surface area contributed by atoms with E-state index in [0.29, 0.717) is 4.99 Å². The molecule has 0 unspecified atom stereocenters. The maximum atomic E-state index is 5.31. The van der Waals surface area contributed by atoms with Gasteiger partial charge in [-0.2, -0.15) is 0 Å². The van der Waals surface area contributed by atoms with Crippen molar-refractivity contribution in [2.24, 2.45) is 11.7 Å². The predicted octanol–water partition coefficient (Wildman–Crippen LogP) is 2.10. The number of rotatable bonds is 4. The Hall–Kier alpha value is -0.110. The first-order chi connectivity index (χ1) is 4.13. The lowest BCUT2D eigenvalue weighted by atomic mass is 10.1. The molecule has 0 aromatic carbocycles. The van der Waals surface area contributed by atoms with Gasteiger partial charge in [-0.1, -0.05) is 32.5 Å². The summed E-state index contributed by atoms with van der Waals surface area (Å²) in [5.41, 5.74) is 5.31. The Bertz CT molecular complexity index is 88.9. The van der Waals surface area contributed by atoms with Crippen LogP contribution in [0.15, 0.2) is 0 Å². The van der Waals surface area contributed by atoms with E-state index in [4.69, 9.17) is 18.0 Å². The normalized spacial score (nSPS) is 10.1. The Morgan fingerprint density at radius 3 is 2.44 bits per heavy atom. The minimum absolute atomic E-state index is 0.649. The lowest BCUT2D eigenvalue weighted by molar-refractivity contribution is 0.565. The average molecular weight is 145 g/mol. The summed E-state index contributed by atoms with van der Waals surface area (Å²) in [4.78, 5) is 0.649. The third-order valence-electron chi connectivity index (χ3n) is 1.20. The van der Waals surface area contributed by atoms with Crippen molar-refractivity contribution in [3.63, 3.8) is 0 Å². The molecule has 0 heterocycles. The minimum atomic E-state index is 0.649. The van der Waals surface area contributed by atoms with Crippen LogP contribution in [0.4, 0.5) is 0 Å². The van der Waals surface area contributed by atoms with Crippen molar-refractivity contribution in [1.82, 2.24) is 0 Å². The van der Waals surface area contributed by atoms with Crippen LogP contribution >= 0.6 is 12.2 Å². The van der Waals surface area contributed by atoms with Gasteiger partial charge in [-0.25, -0.2) is 0 Å².